The van der Waals surface area contributed by atoms with Gasteiger partial charge in [-0.25, -0.2) is 0 Å². The average molecular weight is 284 g/mol. The van der Waals surface area contributed by atoms with Crippen molar-refractivity contribution >= 4 is 21.8 Å². The molecular formula is C13H18BrNO. The molecule has 0 spiro atoms. The van der Waals surface area contributed by atoms with Crippen LogP contribution in [-0.2, 0) is 4.79 Å². The predicted octanol–water partition coefficient (Wildman–Crippen LogP) is 3.27. The van der Waals surface area contributed by atoms with Crippen LogP contribution in [0.3, 0.4) is 0 Å². The first kappa shape index (κ1) is 13.2. The number of hydrogen-bond acceptors (Lipinski definition) is 1. The predicted molar refractivity (Wildman–Crippen MR) is 70.9 cm³/mol. The maximum atomic E-state index is 11.4. The largest absolute Gasteiger partial charge is 0.350 e. The Morgan fingerprint density at radius 1 is 1.38 bits per heavy atom. The Labute approximate surface area is 106 Å². The quantitative estimate of drug-likeness (QED) is 0.845. The van der Waals surface area contributed by atoms with E-state index in [1.165, 1.54) is 11.1 Å². The molecule has 1 amide bonds. The molecule has 3 heteroatoms. The number of carbonyl (C=O) groups excluding carboxylic acids is 1. The van der Waals surface area contributed by atoms with Gasteiger partial charge in [0.1, 0.15) is 0 Å². The van der Waals surface area contributed by atoms with E-state index < -0.39 is 0 Å². The summed E-state index contributed by atoms with van der Waals surface area (Å²) < 4.78 is 0. The van der Waals surface area contributed by atoms with E-state index >= 15 is 0 Å². The number of rotatable bonds is 4. The van der Waals surface area contributed by atoms with Crippen molar-refractivity contribution < 1.29 is 4.79 Å². The highest BCUT2D eigenvalue weighted by atomic mass is 79.9. The summed E-state index contributed by atoms with van der Waals surface area (Å²) in [6.07, 6.45) is 0.523. The Balaban J connectivity index is 2.69. The van der Waals surface area contributed by atoms with E-state index in [-0.39, 0.29) is 11.9 Å². The molecule has 2 nitrogen and oxygen atoms in total. The lowest BCUT2D eigenvalue weighted by Crippen LogP contribution is -2.26. The van der Waals surface area contributed by atoms with Crippen LogP contribution in [0.2, 0.25) is 0 Å². The summed E-state index contributed by atoms with van der Waals surface area (Å²) in [6.45, 7) is 6.19. The zero-order chi connectivity index (χ0) is 12.1. The molecule has 0 fully saturated rings. The average Bonchev–Trinajstić information content (AvgIpc) is 2.22. The molecule has 0 bridgehead atoms. The summed E-state index contributed by atoms with van der Waals surface area (Å²) in [4.78, 5) is 11.4. The van der Waals surface area contributed by atoms with Crippen molar-refractivity contribution in [3.8, 4) is 0 Å². The highest BCUT2D eigenvalue weighted by molar-refractivity contribution is 9.09. The lowest BCUT2D eigenvalue weighted by molar-refractivity contribution is -0.121. The van der Waals surface area contributed by atoms with Gasteiger partial charge in [-0.1, -0.05) is 34.1 Å². The normalized spacial score (nSPS) is 12.2. The van der Waals surface area contributed by atoms with Crippen LogP contribution in [0.4, 0.5) is 0 Å². The molecule has 1 unspecified atom stereocenters. The number of alkyl halides is 1. The second-order valence-electron chi connectivity index (χ2n) is 4.07. The van der Waals surface area contributed by atoms with Gasteiger partial charge in [-0.2, -0.15) is 0 Å². The number of aryl methyl sites for hydroxylation is 2. The lowest BCUT2D eigenvalue weighted by Gasteiger charge is -2.15. The minimum absolute atomic E-state index is 0.0749. The van der Waals surface area contributed by atoms with E-state index in [0.717, 1.165) is 5.56 Å². The van der Waals surface area contributed by atoms with Crippen LogP contribution >= 0.6 is 15.9 Å². The van der Waals surface area contributed by atoms with E-state index in [0.29, 0.717) is 11.8 Å². The third kappa shape index (κ3) is 3.63. The summed E-state index contributed by atoms with van der Waals surface area (Å²) >= 11 is 3.26. The van der Waals surface area contributed by atoms with Crippen LogP contribution in [0.25, 0.3) is 0 Å². The number of amides is 1. The first-order chi connectivity index (χ1) is 7.54. The summed E-state index contributed by atoms with van der Waals surface area (Å²) in [7, 11) is 0. The molecular weight excluding hydrogens is 266 g/mol. The highest BCUT2D eigenvalue weighted by Gasteiger charge is 2.09. The van der Waals surface area contributed by atoms with Gasteiger partial charge in [-0.3, -0.25) is 4.79 Å². The van der Waals surface area contributed by atoms with E-state index in [4.69, 9.17) is 0 Å². The fourth-order valence-corrected chi connectivity index (χ4v) is 1.88. The van der Waals surface area contributed by atoms with Gasteiger partial charge in [-0.15, -0.1) is 0 Å². The summed E-state index contributed by atoms with van der Waals surface area (Å²) in [6, 6.07) is 6.37. The van der Waals surface area contributed by atoms with Gasteiger partial charge in [-0.05, 0) is 37.5 Å². The van der Waals surface area contributed by atoms with Crippen molar-refractivity contribution in [3.63, 3.8) is 0 Å². The molecule has 1 aromatic carbocycles. The van der Waals surface area contributed by atoms with Crippen molar-refractivity contribution in [2.24, 2.45) is 0 Å². The third-order valence-electron chi connectivity index (χ3n) is 2.73. The SMILES string of the molecule is Cc1ccc(C(C)NC(=O)CCBr)cc1C. The van der Waals surface area contributed by atoms with Crippen molar-refractivity contribution in [3.05, 3.63) is 34.9 Å². The summed E-state index contributed by atoms with van der Waals surface area (Å²) in [5.74, 6) is 0.0857. The second kappa shape index (κ2) is 6.04. The summed E-state index contributed by atoms with van der Waals surface area (Å²) in [5.41, 5.74) is 3.70. The molecule has 0 saturated heterocycles. The van der Waals surface area contributed by atoms with Crippen LogP contribution in [0.15, 0.2) is 18.2 Å². The van der Waals surface area contributed by atoms with Gasteiger partial charge in [0.05, 0.1) is 6.04 Å². The van der Waals surface area contributed by atoms with Gasteiger partial charge in [0, 0.05) is 11.8 Å². The molecule has 0 radical (unpaired) electrons. The van der Waals surface area contributed by atoms with E-state index in [1.54, 1.807) is 0 Å². The van der Waals surface area contributed by atoms with Crippen LogP contribution in [0.5, 0.6) is 0 Å². The smallest absolute Gasteiger partial charge is 0.221 e. The van der Waals surface area contributed by atoms with Crippen molar-refractivity contribution in [1.82, 2.24) is 5.32 Å². The van der Waals surface area contributed by atoms with Gasteiger partial charge in [0.2, 0.25) is 5.91 Å². The minimum atomic E-state index is 0.0749. The molecule has 1 N–H and O–H groups in total. The monoisotopic (exact) mass is 283 g/mol. The molecule has 0 heterocycles. The zero-order valence-electron chi connectivity index (χ0n) is 10.0. The van der Waals surface area contributed by atoms with E-state index in [1.807, 2.05) is 6.92 Å². The van der Waals surface area contributed by atoms with E-state index in [2.05, 4.69) is 53.3 Å². The molecule has 0 aliphatic heterocycles. The van der Waals surface area contributed by atoms with Gasteiger partial charge >= 0.3 is 0 Å². The highest BCUT2D eigenvalue weighted by Crippen LogP contribution is 2.16. The van der Waals surface area contributed by atoms with E-state index in [9.17, 15) is 4.79 Å². The Morgan fingerprint density at radius 3 is 2.62 bits per heavy atom. The standard InChI is InChI=1S/C13H18BrNO/c1-9-4-5-12(8-10(9)2)11(3)15-13(16)6-7-14/h4-5,8,11H,6-7H2,1-3H3,(H,15,16). The maximum absolute atomic E-state index is 11.4. The molecule has 0 aromatic heterocycles. The maximum Gasteiger partial charge on any atom is 0.221 e. The second-order valence-corrected chi connectivity index (χ2v) is 4.86. The molecule has 1 aromatic rings. The number of hydrogen-bond donors (Lipinski definition) is 1. The molecule has 1 atom stereocenters. The number of nitrogens with one attached hydrogen (secondary N) is 1. The topological polar surface area (TPSA) is 29.1 Å². The number of carbonyl (C=O) groups is 1. The van der Waals surface area contributed by atoms with Crippen molar-refractivity contribution in [2.75, 3.05) is 5.33 Å². The van der Waals surface area contributed by atoms with Crippen LogP contribution < -0.4 is 5.32 Å². The Morgan fingerprint density at radius 2 is 2.06 bits per heavy atom. The minimum Gasteiger partial charge on any atom is -0.350 e. The van der Waals surface area contributed by atoms with Crippen molar-refractivity contribution in [1.29, 1.82) is 0 Å². The summed E-state index contributed by atoms with van der Waals surface area (Å²) in [5, 5.41) is 3.68. The van der Waals surface area contributed by atoms with Gasteiger partial charge < -0.3 is 5.32 Å². The zero-order valence-corrected chi connectivity index (χ0v) is 11.6. The van der Waals surface area contributed by atoms with Gasteiger partial charge in [0.15, 0.2) is 0 Å². The Kier molecular flexibility index (Phi) is 5.00. The first-order valence-electron chi connectivity index (χ1n) is 5.47. The molecule has 1 rings (SSSR count). The molecule has 0 saturated carbocycles. The van der Waals surface area contributed by atoms with Crippen LogP contribution in [0.1, 0.15) is 36.1 Å². The molecule has 0 aliphatic rings. The van der Waals surface area contributed by atoms with Gasteiger partial charge in [0.25, 0.3) is 0 Å². The first-order valence-corrected chi connectivity index (χ1v) is 6.59. The molecule has 16 heavy (non-hydrogen) atoms. The number of benzene rings is 1. The Hall–Kier alpha value is -0.830. The molecule has 0 aliphatic carbocycles. The third-order valence-corrected chi connectivity index (χ3v) is 3.13. The van der Waals surface area contributed by atoms with Crippen molar-refractivity contribution in [2.45, 2.75) is 33.2 Å². The Bertz CT molecular complexity index is 376. The fourth-order valence-electron chi connectivity index (χ4n) is 1.52. The lowest BCUT2D eigenvalue weighted by atomic mass is 10.0. The fraction of sp³-hybridized carbons (Fsp3) is 0.462. The molecule has 88 valence electrons. The number of halogens is 1. The van der Waals surface area contributed by atoms with Crippen LogP contribution in [0, 0.1) is 13.8 Å². The van der Waals surface area contributed by atoms with Crippen LogP contribution in [-0.4, -0.2) is 11.2 Å².